The smallest absolute Gasteiger partial charge is 0.425 e. The van der Waals surface area contributed by atoms with Gasteiger partial charge in [-0.3, -0.25) is 0 Å². The number of fused-ring (bicyclic) bond motifs is 3. The summed E-state index contributed by atoms with van der Waals surface area (Å²) in [7, 11) is 0. The van der Waals surface area contributed by atoms with Crippen molar-refractivity contribution in [3.8, 4) is 28.0 Å². The molecule has 0 saturated heterocycles. The van der Waals surface area contributed by atoms with Gasteiger partial charge in [-0.25, -0.2) is 4.39 Å². The Bertz CT molecular complexity index is 1150. The zero-order valence-electron chi connectivity index (χ0n) is 21.5. The minimum atomic E-state index is -3.60. The van der Waals surface area contributed by atoms with Crippen molar-refractivity contribution >= 4 is 0 Å². The summed E-state index contributed by atoms with van der Waals surface area (Å²) in [6.45, 7) is 4.35. The number of aryl methyl sites for hydroxylation is 2. The zero-order valence-corrected chi connectivity index (χ0v) is 21.5. The topological polar surface area (TPSA) is 9.23 Å². The van der Waals surface area contributed by atoms with Gasteiger partial charge in [0.05, 0.1) is 5.56 Å². The molecule has 192 valence electrons. The van der Waals surface area contributed by atoms with Crippen LogP contribution < -0.4 is 4.74 Å². The second-order valence-electron chi connectivity index (χ2n) is 9.97. The van der Waals surface area contributed by atoms with Gasteiger partial charge in [-0.05, 0) is 59.6 Å². The van der Waals surface area contributed by atoms with Crippen LogP contribution in [0.3, 0.4) is 0 Å². The number of alkyl halides is 2. The van der Waals surface area contributed by atoms with E-state index in [1.54, 1.807) is 18.2 Å². The summed E-state index contributed by atoms with van der Waals surface area (Å²) in [5, 5.41) is 0. The fraction of sp³-hybridized carbons (Fsp3) is 0.438. The molecule has 0 amide bonds. The molecule has 3 aromatic rings. The van der Waals surface area contributed by atoms with Crippen molar-refractivity contribution in [3.05, 3.63) is 77.1 Å². The molecule has 0 radical (unpaired) electrons. The number of halogens is 3. The van der Waals surface area contributed by atoms with Gasteiger partial charge in [0.25, 0.3) is 0 Å². The van der Waals surface area contributed by atoms with E-state index in [0.717, 1.165) is 37.7 Å². The summed E-state index contributed by atoms with van der Waals surface area (Å²) in [6.07, 6.45) is 8.02. The fourth-order valence-electron chi connectivity index (χ4n) is 5.02. The molecule has 0 aromatic heterocycles. The molecule has 3 aromatic carbocycles. The average Bonchev–Trinajstić information content (AvgIpc) is 2.88. The van der Waals surface area contributed by atoms with Crippen LogP contribution in [0.25, 0.3) is 22.3 Å². The lowest BCUT2D eigenvalue weighted by atomic mass is 9.90. The maximum absolute atomic E-state index is 15.3. The molecule has 36 heavy (non-hydrogen) atoms. The number of rotatable bonds is 12. The number of hydrogen-bond acceptors (Lipinski definition) is 1. The predicted octanol–water partition coefficient (Wildman–Crippen LogP) is 10.2. The first-order valence-corrected chi connectivity index (χ1v) is 13.6. The van der Waals surface area contributed by atoms with Crippen LogP contribution in [0.15, 0.2) is 54.6 Å². The third-order valence-electron chi connectivity index (χ3n) is 7.19. The third kappa shape index (κ3) is 5.96. The number of benzene rings is 3. The monoisotopic (exact) mass is 494 g/mol. The molecule has 0 spiro atoms. The van der Waals surface area contributed by atoms with Crippen LogP contribution in [0, 0.1) is 5.82 Å². The highest BCUT2D eigenvalue weighted by atomic mass is 19.3. The van der Waals surface area contributed by atoms with Crippen LogP contribution in [-0.2, 0) is 19.0 Å². The van der Waals surface area contributed by atoms with E-state index in [1.165, 1.54) is 43.7 Å². The normalized spacial score (nSPS) is 13.7. The van der Waals surface area contributed by atoms with E-state index in [1.807, 2.05) is 18.2 Å². The van der Waals surface area contributed by atoms with Crippen molar-refractivity contribution in [2.24, 2.45) is 0 Å². The van der Waals surface area contributed by atoms with E-state index in [-0.39, 0.29) is 11.3 Å². The highest BCUT2D eigenvalue weighted by molar-refractivity contribution is 5.80. The average molecular weight is 495 g/mol. The maximum Gasteiger partial charge on any atom is 0.427 e. The van der Waals surface area contributed by atoms with E-state index < -0.39 is 11.9 Å². The fourth-order valence-corrected chi connectivity index (χ4v) is 5.02. The van der Waals surface area contributed by atoms with Crippen molar-refractivity contribution in [2.75, 3.05) is 0 Å². The molecule has 0 N–H and O–H groups in total. The van der Waals surface area contributed by atoms with E-state index in [0.29, 0.717) is 28.7 Å². The van der Waals surface area contributed by atoms with E-state index in [9.17, 15) is 0 Å². The summed E-state index contributed by atoms with van der Waals surface area (Å²) < 4.78 is 50.6. The molecule has 0 unspecified atom stereocenters. The van der Waals surface area contributed by atoms with Gasteiger partial charge in [-0.15, -0.1) is 0 Å². The Morgan fingerprint density at radius 3 is 2.03 bits per heavy atom. The molecule has 0 atom stereocenters. The Labute approximate surface area is 213 Å². The third-order valence-corrected chi connectivity index (χ3v) is 7.19. The Hall–Kier alpha value is -2.75. The van der Waals surface area contributed by atoms with Crippen LogP contribution in [-0.4, -0.2) is 0 Å². The van der Waals surface area contributed by atoms with Gasteiger partial charge in [0, 0.05) is 5.56 Å². The second kappa shape index (κ2) is 12.0. The van der Waals surface area contributed by atoms with Crippen LogP contribution in [0.1, 0.15) is 88.3 Å². The molecule has 1 aliphatic heterocycles. The minimum Gasteiger partial charge on any atom is -0.425 e. The van der Waals surface area contributed by atoms with Gasteiger partial charge >= 0.3 is 6.11 Å². The molecule has 0 bridgehead atoms. The summed E-state index contributed by atoms with van der Waals surface area (Å²) in [5.41, 5.74) is 3.76. The van der Waals surface area contributed by atoms with Gasteiger partial charge < -0.3 is 4.74 Å². The van der Waals surface area contributed by atoms with E-state index in [4.69, 9.17) is 4.74 Å². The molecular formula is C32H37F3O. The van der Waals surface area contributed by atoms with Crippen molar-refractivity contribution < 1.29 is 17.9 Å². The highest BCUT2D eigenvalue weighted by Crippen LogP contribution is 2.49. The lowest BCUT2D eigenvalue weighted by molar-refractivity contribution is -0.188. The highest BCUT2D eigenvalue weighted by Gasteiger charge is 2.43. The molecule has 0 fully saturated rings. The first-order valence-electron chi connectivity index (χ1n) is 13.6. The van der Waals surface area contributed by atoms with E-state index in [2.05, 4.69) is 26.0 Å². The van der Waals surface area contributed by atoms with Crippen LogP contribution in [0.4, 0.5) is 13.2 Å². The molecule has 0 aliphatic carbocycles. The number of ether oxygens (including phenoxy) is 1. The molecule has 1 aliphatic rings. The lowest BCUT2D eigenvalue weighted by Gasteiger charge is -2.29. The van der Waals surface area contributed by atoms with Crippen molar-refractivity contribution in [3.63, 3.8) is 0 Å². The number of unbranched alkanes of at least 4 members (excludes halogenated alkanes) is 7. The number of hydrogen-bond donors (Lipinski definition) is 0. The lowest BCUT2D eigenvalue weighted by Crippen LogP contribution is -2.27. The quantitative estimate of drug-likeness (QED) is 0.228. The molecule has 4 rings (SSSR count). The molecular weight excluding hydrogens is 457 g/mol. The summed E-state index contributed by atoms with van der Waals surface area (Å²) in [4.78, 5) is 0. The van der Waals surface area contributed by atoms with Gasteiger partial charge in [0.1, 0.15) is 0 Å². The van der Waals surface area contributed by atoms with Crippen molar-refractivity contribution in [2.45, 2.75) is 90.6 Å². The van der Waals surface area contributed by atoms with Crippen LogP contribution in [0.5, 0.6) is 5.75 Å². The summed E-state index contributed by atoms with van der Waals surface area (Å²) >= 11 is 0. The van der Waals surface area contributed by atoms with Crippen LogP contribution >= 0.6 is 0 Å². The van der Waals surface area contributed by atoms with Gasteiger partial charge in [-0.1, -0.05) is 107 Å². The maximum atomic E-state index is 15.3. The minimum absolute atomic E-state index is 0.220. The SMILES string of the molecule is CCCCCCCCc1ccc2c(c1F)OC(F)(F)c1cc(-c3ccc(CCCCC)cc3)ccc1-2. The molecule has 1 nitrogen and oxygen atoms in total. The van der Waals surface area contributed by atoms with Crippen molar-refractivity contribution in [1.82, 2.24) is 0 Å². The van der Waals surface area contributed by atoms with Crippen molar-refractivity contribution in [1.29, 1.82) is 0 Å². The van der Waals surface area contributed by atoms with Gasteiger partial charge in [-0.2, -0.15) is 8.78 Å². The molecule has 1 heterocycles. The first-order chi connectivity index (χ1) is 17.4. The van der Waals surface area contributed by atoms with Gasteiger partial charge in [0.2, 0.25) is 0 Å². The standard InChI is InChI=1S/C32H37F3O/c1-3-5-7-8-9-11-13-25-18-21-28-27-20-19-26(22-29(27)32(34,35)36-31(28)30(25)33)24-16-14-23(15-17-24)12-10-6-4-2/h14-22H,3-13H2,1-2H3. The summed E-state index contributed by atoms with van der Waals surface area (Å²) in [6, 6.07) is 16.5. The Balaban J connectivity index is 1.54. The largest absolute Gasteiger partial charge is 0.427 e. The van der Waals surface area contributed by atoms with E-state index >= 15 is 13.2 Å². The molecule has 4 heteroatoms. The van der Waals surface area contributed by atoms with Crippen LogP contribution in [0.2, 0.25) is 0 Å². The molecule has 0 saturated carbocycles. The predicted molar refractivity (Wildman–Crippen MR) is 142 cm³/mol. The summed E-state index contributed by atoms with van der Waals surface area (Å²) in [5.74, 6) is -0.991. The van der Waals surface area contributed by atoms with Gasteiger partial charge in [0.15, 0.2) is 11.6 Å². The first kappa shape index (κ1) is 26.3. The zero-order chi connectivity index (χ0) is 25.5. The Kier molecular flexibility index (Phi) is 8.77. The Morgan fingerprint density at radius 1 is 0.667 bits per heavy atom. The second-order valence-corrected chi connectivity index (χ2v) is 9.97. The Morgan fingerprint density at radius 2 is 1.28 bits per heavy atom.